The number of rotatable bonds is 4. The monoisotopic (exact) mass is 346 g/mol. The number of carbonyl (C=O) groups is 2. The summed E-state index contributed by atoms with van der Waals surface area (Å²) >= 11 is 0. The van der Waals surface area contributed by atoms with Gasteiger partial charge < -0.3 is 4.98 Å². The summed E-state index contributed by atoms with van der Waals surface area (Å²) in [5.74, 6) is -0.262. The molecule has 0 atom stereocenters. The first-order valence-electron chi connectivity index (χ1n) is 8.21. The third-order valence-corrected chi connectivity index (χ3v) is 4.03. The third-order valence-electron chi connectivity index (χ3n) is 4.03. The number of fused-ring (bicyclic) bond motifs is 1. The van der Waals surface area contributed by atoms with E-state index >= 15 is 0 Å². The number of benzene rings is 1. The van der Waals surface area contributed by atoms with Gasteiger partial charge in [-0.1, -0.05) is 39.0 Å². The largest absolute Gasteiger partial charge is 0.344 e. The molecule has 0 aliphatic rings. The number of hydrogen-bond donors (Lipinski definition) is 1. The van der Waals surface area contributed by atoms with Crippen molar-refractivity contribution in [3.63, 3.8) is 0 Å². The van der Waals surface area contributed by atoms with Crippen LogP contribution in [0.3, 0.4) is 0 Å². The minimum absolute atomic E-state index is 0.0202. The summed E-state index contributed by atoms with van der Waals surface area (Å²) < 4.78 is 0. The van der Waals surface area contributed by atoms with Crippen LogP contribution in [0, 0.1) is 16.7 Å². The van der Waals surface area contributed by atoms with Crippen LogP contribution in [-0.2, 0) is 0 Å². The summed E-state index contributed by atoms with van der Waals surface area (Å²) in [6, 6.07) is 8.77. The fourth-order valence-corrected chi connectivity index (χ4v) is 2.63. The lowest BCUT2D eigenvalue weighted by Crippen LogP contribution is -2.20. The van der Waals surface area contributed by atoms with Crippen molar-refractivity contribution >= 4 is 22.7 Å². The molecule has 6 heteroatoms. The van der Waals surface area contributed by atoms with E-state index in [0.29, 0.717) is 33.5 Å². The van der Waals surface area contributed by atoms with Crippen LogP contribution in [0.5, 0.6) is 0 Å². The number of aromatic nitrogens is 3. The Hall–Kier alpha value is -3.33. The highest BCUT2D eigenvalue weighted by atomic mass is 16.1. The topological polar surface area (TPSA) is 99.5 Å². The summed E-state index contributed by atoms with van der Waals surface area (Å²) in [7, 11) is 0. The van der Waals surface area contributed by atoms with Crippen molar-refractivity contribution < 1.29 is 9.59 Å². The van der Waals surface area contributed by atoms with Gasteiger partial charge in [-0.25, -0.2) is 9.97 Å². The third kappa shape index (κ3) is 3.24. The van der Waals surface area contributed by atoms with E-state index < -0.39 is 5.41 Å². The molecule has 2 aromatic heterocycles. The number of nitrogens with one attached hydrogen (secondary N) is 1. The van der Waals surface area contributed by atoms with Crippen LogP contribution in [0.25, 0.3) is 22.4 Å². The van der Waals surface area contributed by atoms with Crippen LogP contribution in [0.4, 0.5) is 0 Å². The molecule has 26 heavy (non-hydrogen) atoms. The zero-order valence-corrected chi connectivity index (χ0v) is 14.8. The molecule has 0 unspecified atom stereocenters. The summed E-state index contributed by atoms with van der Waals surface area (Å²) in [4.78, 5) is 36.5. The Morgan fingerprint density at radius 3 is 2.73 bits per heavy atom. The molecule has 0 fully saturated rings. The number of hydrogen-bond acceptors (Lipinski definition) is 5. The first-order valence-corrected chi connectivity index (χ1v) is 8.21. The molecule has 1 aromatic carbocycles. The standard InChI is InChI=1S/C20H18N4O2/c1-20(2,3)18(26)14-10-22-19-17(14)24-15(11-23-19)12-5-4-6-13(9-12)16(25)7-8-21/h4-6,9-11H,7H2,1-3H3,(H,22,23). The average Bonchev–Trinajstić information content (AvgIpc) is 3.03. The summed E-state index contributed by atoms with van der Waals surface area (Å²) in [5, 5.41) is 8.70. The normalized spacial score (nSPS) is 11.3. The first kappa shape index (κ1) is 17.5. The lowest BCUT2D eigenvalue weighted by molar-refractivity contribution is 0.0859. The van der Waals surface area contributed by atoms with Crippen molar-refractivity contribution in [3.8, 4) is 17.3 Å². The SMILES string of the molecule is CC(C)(C)C(=O)c1c[nH]c2ncc(-c3cccc(C(=O)CC#N)c3)nc12. The van der Waals surface area contributed by atoms with Gasteiger partial charge in [0.25, 0.3) is 0 Å². The van der Waals surface area contributed by atoms with E-state index in [1.54, 1.807) is 30.6 Å². The van der Waals surface area contributed by atoms with Gasteiger partial charge in [0.2, 0.25) is 0 Å². The first-order chi connectivity index (χ1) is 12.3. The Bertz CT molecular complexity index is 1050. The number of nitriles is 1. The Labute approximate surface area is 150 Å². The molecule has 2 heterocycles. The van der Waals surface area contributed by atoms with Gasteiger partial charge >= 0.3 is 0 Å². The minimum atomic E-state index is -0.531. The van der Waals surface area contributed by atoms with Crippen molar-refractivity contribution in [1.82, 2.24) is 15.0 Å². The van der Waals surface area contributed by atoms with Crippen molar-refractivity contribution in [3.05, 3.63) is 47.8 Å². The minimum Gasteiger partial charge on any atom is -0.344 e. The van der Waals surface area contributed by atoms with Gasteiger partial charge in [-0.05, 0) is 6.07 Å². The molecule has 0 amide bonds. The predicted molar refractivity (Wildman–Crippen MR) is 97.7 cm³/mol. The van der Waals surface area contributed by atoms with Crippen molar-refractivity contribution in [2.24, 2.45) is 5.41 Å². The van der Waals surface area contributed by atoms with E-state index in [9.17, 15) is 9.59 Å². The molecular formula is C20H18N4O2. The quantitative estimate of drug-likeness (QED) is 0.721. The van der Waals surface area contributed by atoms with E-state index in [1.807, 2.05) is 32.9 Å². The van der Waals surface area contributed by atoms with Crippen LogP contribution in [0.1, 0.15) is 47.9 Å². The fraction of sp³-hybridized carbons (Fsp3) is 0.250. The van der Waals surface area contributed by atoms with E-state index in [-0.39, 0.29) is 18.0 Å². The molecule has 0 aliphatic carbocycles. The highest BCUT2D eigenvalue weighted by Gasteiger charge is 2.26. The molecule has 130 valence electrons. The highest BCUT2D eigenvalue weighted by molar-refractivity contribution is 6.08. The molecule has 0 radical (unpaired) electrons. The summed E-state index contributed by atoms with van der Waals surface area (Å²) in [6.45, 7) is 5.57. The molecule has 3 rings (SSSR count). The van der Waals surface area contributed by atoms with Crippen molar-refractivity contribution in [2.45, 2.75) is 27.2 Å². The van der Waals surface area contributed by atoms with Gasteiger partial charge in [-0.15, -0.1) is 0 Å². The number of Topliss-reactive ketones (excluding diaryl/α,β-unsaturated/α-hetero) is 2. The van der Waals surface area contributed by atoms with E-state index in [1.165, 1.54) is 0 Å². The zero-order chi connectivity index (χ0) is 18.9. The number of aromatic amines is 1. The Kier molecular flexibility index (Phi) is 4.39. The second-order valence-electron chi connectivity index (χ2n) is 7.07. The summed E-state index contributed by atoms with van der Waals surface area (Å²) in [5.41, 5.74) is 2.74. The second-order valence-corrected chi connectivity index (χ2v) is 7.07. The van der Waals surface area contributed by atoms with Gasteiger partial charge in [0.15, 0.2) is 17.2 Å². The maximum absolute atomic E-state index is 12.6. The number of carbonyl (C=O) groups excluding carboxylic acids is 2. The van der Waals surface area contributed by atoms with E-state index in [0.717, 1.165) is 0 Å². The number of ketones is 2. The van der Waals surface area contributed by atoms with Crippen molar-refractivity contribution in [2.75, 3.05) is 0 Å². The van der Waals surface area contributed by atoms with Gasteiger partial charge in [-0.3, -0.25) is 9.59 Å². The fourth-order valence-electron chi connectivity index (χ4n) is 2.63. The Morgan fingerprint density at radius 1 is 1.27 bits per heavy atom. The smallest absolute Gasteiger partial charge is 0.176 e. The van der Waals surface area contributed by atoms with E-state index in [4.69, 9.17) is 5.26 Å². The number of nitrogens with zero attached hydrogens (tertiary/aromatic N) is 3. The maximum atomic E-state index is 12.6. The maximum Gasteiger partial charge on any atom is 0.176 e. The predicted octanol–water partition coefficient (Wildman–Crippen LogP) is 3.95. The molecule has 0 saturated heterocycles. The molecule has 3 aromatic rings. The van der Waals surface area contributed by atoms with Gasteiger partial charge in [0.1, 0.15) is 5.52 Å². The average molecular weight is 346 g/mol. The Morgan fingerprint density at radius 2 is 2.04 bits per heavy atom. The van der Waals surface area contributed by atoms with Crippen molar-refractivity contribution in [1.29, 1.82) is 5.26 Å². The lowest BCUT2D eigenvalue weighted by atomic mass is 9.87. The molecule has 0 saturated carbocycles. The van der Waals surface area contributed by atoms with Crippen LogP contribution in [-0.4, -0.2) is 26.5 Å². The van der Waals surface area contributed by atoms with Crippen LogP contribution in [0.2, 0.25) is 0 Å². The highest BCUT2D eigenvalue weighted by Crippen LogP contribution is 2.27. The van der Waals surface area contributed by atoms with Gasteiger partial charge in [0, 0.05) is 22.7 Å². The zero-order valence-electron chi connectivity index (χ0n) is 14.8. The number of H-pyrrole nitrogens is 1. The molecule has 0 spiro atoms. The molecule has 0 bridgehead atoms. The van der Waals surface area contributed by atoms with Crippen LogP contribution >= 0.6 is 0 Å². The molecular weight excluding hydrogens is 328 g/mol. The van der Waals surface area contributed by atoms with Crippen LogP contribution in [0.15, 0.2) is 36.7 Å². The molecule has 1 N–H and O–H groups in total. The molecule has 6 nitrogen and oxygen atoms in total. The summed E-state index contributed by atoms with van der Waals surface area (Å²) in [6.07, 6.45) is 3.06. The van der Waals surface area contributed by atoms with Gasteiger partial charge in [-0.2, -0.15) is 5.26 Å². The van der Waals surface area contributed by atoms with Gasteiger partial charge in [0.05, 0.1) is 29.9 Å². The van der Waals surface area contributed by atoms with E-state index in [2.05, 4.69) is 15.0 Å². The Balaban J connectivity index is 2.07. The second kappa shape index (κ2) is 6.52. The van der Waals surface area contributed by atoms with Crippen LogP contribution < -0.4 is 0 Å². The lowest BCUT2D eigenvalue weighted by Gasteiger charge is -2.15. The molecule has 0 aliphatic heterocycles.